The third kappa shape index (κ3) is 9.63. The number of aliphatic carboxylic acids is 2. The molecular weight excluding hydrogens is 168 g/mol. The quantitative estimate of drug-likeness (QED) is 0.428. The second-order valence-electron chi connectivity index (χ2n) is 1.41. The van der Waals surface area contributed by atoms with Crippen LogP contribution in [0.25, 0.3) is 0 Å². The average molecular weight is 174 g/mol. The summed E-state index contributed by atoms with van der Waals surface area (Å²) in [5.41, 5.74) is 0. The molecule has 0 rings (SSSR count). The van der Waals surface area contributed by atoms with Crippen LogP contribution in [0.15, 0.2) is 0 Å². The molecule has 0 heterocycles. The van der Waals surface area contributed by atoms with Crippen molar-refractivity contribution >= 4 is 35.0 Å². The average Bonchev–Trinajstić information content (AvgIpc) is 1.63. The Kier molecular flexibility index (Phi) is 11.9. The van der Waals surface area contributed by atoms with Crippen LogP contribution >= 0.6 is 0 Å². The van der Waals surface area contributed by atoms with Gasteiger partial charge in [0.15, 0.2) is 0 Å². The van der Waals surface area contributed by atoms with Crippen LogP contribution in [0.4, 0.5) is 0 Å². The molecule has 3 N–H and O–H groups in total. The first-order valence-corrected chi connectivity index (χ1v) is 2.13. The first kappa shape index (κ1) is 16.9. The van der Waals surface area contributed by atoms with Crippen LogP contribution in [0.5, 0.6) is 0 Å². The molecule has 0 radical (unpaired) electrons. The molecule has 0 aliphatic rings. The second kappa shape index (κ2) is 7.73. The van der Waals surface area contributed by atoms with Crippen LogP contribution in [-0.4, -0.2) is 51.7 Å². The molecule has 0 aliphatic carbocycles. The molecule has 1 unspecified atom stereocenters. The van der Waals surface area contributed by atoms with Crippen molar-refractivity contribution in [2.75, 3.05) is 0 Å². The topological polar surface area (TPSA) is 132 Å². The van der Waals surface area contributed by atoms with Gasteiger partial charge in [-0.2, -0.15) is 0 Å². The Morgan fingerprint density at radius 1 is 1.36 bits per heavy atom. The molecule has 0 saturated carbocycles. The SMILES string of the molecule is O.O=C([O-])CC(O)C(=O)[O-].[Mg+2]. The van der Waals surface area contributed by atoms with Gasteiger partial charge in [0.25, 0.3) is 0 Å². The Hall–Kier alpha value is -0.374. The molecule has 0 spiro atoms. The smallest absolute Gasteiger partial charge is 0.550 e. The molecule has 11 heavy (non-hydrogen) atoms. The Morgan fingerprint density at radius 3 is 1.82 bits per heavy atom. The molecule has 0 aromatic heterocycles. The van der Waals surface area contributed by atoms with Crippen molar-refractivity contribution in [3.8, 4) is 0 Å². The van der Waals surface area contributed by atoms with E-state index in [0.29, 0.717) is 0 Å². The summed E-state index contributed by atoms with van der Waals surface area (Å²) >= 11 is 0. The third-order valence-electron chi connectivity index (χ3n) is 0.632. The van der Waals surface area contributed by atoms with Crippen molar-refractivity contribution in [2.24, 2.45) is 0 Å². The summed E-state index contributed by atoms with van der Waals surface area (Å²) in [5.74, 6) is -3.43. The Morgan fingerprint density at radius 2 is 1.73 bits per heavy atom. The van der Waals surface area contributed by atoms with Crippen LogP contribution < -0.4 is 10.2 Å². The summed E-state index contributed by atoms with van der Waals surface area (Å²) in [5, 5.41) is 27.3. The molecule has 0 aromatic rings. The number of carboxylic acids is 2. The van der Waals surface area contributed by atoms with Gasteiger partial charge in [0, 0.05) is 12.4 Å². The minimum Gasteiger partial charge on any atom is -0.550 e. The van der Waals surface area contributed by atoms with Crippen molar-refractivity contribution < 1.29 is 30.4 Å². The van der Waals surface area contributed by atoms with Crippen molar-refractivity contribution in [2.45, 2.75) is 12.5 Å². The van der Waals surface area contributed by atoms with E-state index in [4.69, 9.17) is 5.11 Å². The molecule has 0 fully saturated rings. The van der Waals surface area contributed by atoms with E-state index >= 15 is 0 Å². The molecule has 0 saturated heterocycles. The van der Waals surface area contributed by atoms with Crippen LogP contribution in [-0.2, 0) is 9.59 Å². The minimum absolute atomic E-state index is 0. The normalized spacial score (nSPS) is 10.3. The molecule has 0 bridgehead atoms. The van der Waals surface area contributed by atoms with E-state index in [1.807, 2.05) is 0 Å². The van der Waals surface area contributed by atoms with E-state index in [0.717, 1.165) is 0 Å². The van der Waals surface area contributed by atoms with Crippen LogP contribution in [0.2, 0.25) is 0 Å². The van der Waals surface area contributed by atoms with Crippen molar-refractivity contribution in [3.63, 3.8) is 0 Å². The predicted octanol–water partition coefficient (Wildman–Crippen LogP) is -4.97. The maximum atomic E-state index is 9.58. The molecule has 7 heteroatoms. The monoisotopic (exact) mass is 174 g/mol. The number of carboxylic acid groups (broad SMARTS) is 2. The van der Waals surface area contributed by atoms with Crippen molar-refractivity contribution in [1.82, 2.24) is 0 Å². The fraction of sp³-hybridized carbons (Fsp3) is 0.500. The Labute approximate surface area is 78.3 Å². The molecule has 6 nitrogen and oxygen atoms in total. The third-order valence-corrected chi connectivity index (χ3v) is 0.632. The summed E-state index contributed by atoms with van der Waals surface area (Å²) in [7, 11) is 0. The van der Waals surface area contributed by atoms with E-state index in [1.165, 1.54) is 0 Å². The molecule has 60 valence electrons. The van der Waals surface area contributed by atoms with Gasteiger partial charge in [0.1, 0.15) is 0 Å². The number of hydrogen-bond acceptors (Lipinski definition) is 5. The van der Waals surface area contributed by atoms with Gasteiger partial charge in [0.2, 0.25) is 0 Å². The molecule has 0 amide bonds. The number of aliphatic hydroxyl groups is 1. The first-order chi connectivity index (χ1) is 4.04. The zero-order valence-corrected chi connectivity index (χ0v) is 6.99. The number of rotatable bonds is 3. The molecule has 0 aliphatic heterocycles. The molecule has 0 aromatic carbocycles. The van der Waals surface area contributed by atoms with E-state index in [9.17, 15) is 19.8 Å². The van der Waals surface area contributed by atoms with Gasteiger partial charge in [-0.15, -0.1) is 0 Å². The Bertz CT molecular complexity index is 135. The zero-order valence-electron chi connectivity index (χ0n) is 5.57. The van der Waals surface area contributed by atoms with Crippen molar-refractivity contribution in [3.05, 3.63) is 0 Å². The van der Waals surface area contributed by atoms with E-state index in [2.05, 4.69) is 0 Å². The van der Waals surface area contributed by atoms with Gasteiger partial charge in [-0.1, -0.05) is 0 Å². The number of carbonyl (C=O) groups excluding carboxylic acids is 2. The van der Waals surface area contributed by atoms with Crippen LogP contribution in [0.1, 0.15) is 6.42 Å². The summed E-state index contributed by atoms with van der Waals surface area (Å²) in [6.45, 7) is 0. The number of carbonyl (C=O) groups is 2. The second-order valence-corrected chi connectivity index (χ2v) is 1.41. The van der Waals surface area contributed by atoms with E-state index in [-0.39, 0.29) is 28.5 Å². The van der Waals surface area contributed by atoms with Crippen molar-refractivity contribution in [1.29, 1.82) is 0 Å². The molecular formula is C4H6MgO6. The minimum atomic E-state index is -1.96. The van der Waals surface area contributed by atoms with E-state index in [1.54, 1.807) is 0 Å². The van der Waals surface area contributed by atoms with Crippen LogP contribution in [0, 0.1) is 0 Å². The van der Waals surface area contributed by atoms with Gasteiger partial charge in [0.05, 0.1) is 12.1 Å². The van der Waals surface area contributed by atoms with Gasteiger partial charge in [-0.25, -0.2) is 0 Å². The van der Waals surface area contributed by atoms with Gasteiger partial charge < -0.3 is 30.4 Å². The zero-order chi connectivity index (χ0) is 7.44. The summed E-state index contributed by atoms with van der Waals surface area (Å²) < 4.78 is 0. The predicted molar refractivity (Wildman–Crippen MR) is 30.0 cm³/mol. The molecule has 1 atom stereocenters. The van der Waals surface area contributed by atoms with Gasteiger partial charge in [-0.05, 0) is 0 Å². The van der Waals surface area contributed by atoms with Gasteiger partial charge in [-0.3, -0.25) is 0 Å². The summed E-state index contributed by atoms with van der Waals surface area (Å²) in [6.07, 6.45) is -2.89. The fourth-order valence-electron chi connectivity index (χ4n) is 0.241. The summed E-state index contributed by atoms with van der Waals surface area (Å²) in [4.78, 5) is 19.1. The standard InChI is InChI=1S/C4H6O5.Mg.H2O/c5-2(4(8)9)1-3(6)7;;/h2,5H,1H2,(H,6,7)(H,8,9);;1H2/q;+2;/p-2. The first-order valence-electron chi connectivity index (χ1n) is 2.13. The summed E-state index contributed by atoms with van der Waals surface area (Å²) in [6, 6.07) is 0. The van der Waals surface area contributed by atoms with Gasteiger partial charge >= 0.3 is 23.1 Å². The number of hydrogen-bond donors (Lipinski definition) is 1. The fourth-order valence-corrected chi connectivity index (χ4v) is 0.241. The van der Waals surface area contributed by atoms with Crippen LogP contribution in [0.3, 0.4) is 0 Å². The maximum Gasteiger partial charge on any atom is 2.00 e. The Balaban J connectivity index is -0.000000320. The maximum absolute atomic E-state index is 9.58. The van der Waals surface area contributed by atoms with E-state index < -0.39 is 24.5 Å². The number of aliphatic hydroxyl groups excluding tert-OH is 1. The largest absolute Gasteiger partial charge is 2.00 e.